The zero-order valence-corrected chi connectivity index (χ0v) is 74.0. The Morgan fingerprint density at radius 1 is 0.269 bits per heavy atom. The van der Waals surface area contributed by atoms with Crippen molar-refractivity contribution in [3.8, 4) is 403 Å². The maximum atomic E-state index is 12.7. The fourth-order valence-corrected chi connectivity index (χ4v) is 7.39. The van der Waals surface area contributed by atoms with Gasteiger partial charge < -0.3 is 18.9 Å². The Hall–Kier alpha value is -19.8. The van der Waals surface area contributed by atoms with Crippen molar-refractivity contribution in [2.75, 3.05) is 33.0 Å². The Morgan fingerprint density at radius 2 is 0.485 bits per heavy atom. The number of rotatable bonds is 20. The summed E-state index contributed by atoms with van der Waals surface area (Å²) in [5, 5.41) is 0. The number of terminal acetylenes is 1. The third-order valence-corrected chi connectivity index (χ3v) is 13.0. The number of esters is 3. The van der Waals surface area contributed by atoms with Gasteiger partial charge >= 0.3 is 17.9 Å². The van der Waals surface area contributed by atoms with E-state index in [1.807, 2.05) is 61.5 Å². The largest absolute Gasteiger partial charge is 0.463 e. The fraction of sp³-hybridized carbons (Fsp3) is 0.221. The summed E-state index contributed by atoms with van der Waals surface area (Å²) < 4.78 is 33.5. The van der Waals surface area contributed by atoms with Gasteiger partial charge in [0.15, 0.2) is 0 Å². The van der Waals surface area contributed by atoms with Crippen LogP contribution in [0.5, 0.6) is 0 Å². The highest BCUT2D eigenvalue weighted by atomic mass is 19.1. The SMILES string of the molecule is C#CC#CC#CC#CC#CC#CC#CC#CC#CC#CC#CC#CC#CC#CC#CC#CC#CC#CC#CC#CC#CC#CC#CC#CC#CC#CC#CC#CC#CC#CC#CC#CC#CC#CC.CC(C)(C)CCCCOC(=O)/C=C/c1ccc(F)cc1.CC(C)(C)CCCOCCOC(=O)/C=C/c1ccccc1.Cc1ccc(/C=C/C(=O)OCCCCC(C)(C)C)cc1. The average Bonchev–Trinajstić information content (AvgIpc) is 0.929. The molecule has 3 rings (SSSR count). The Morgan fingerprint density at radius 3 is 0.723 bits per heavy atom. The predicted molar refractivity (Wildman–Crippen MR) is 521 cm³/mol. The number of hydrogen-bond donors (Lipinski definition) is 0. The molecule has 0 amide bonds. The van der Waals surface area contributed by atoms with Crippen LogP contribution in [0.1, 0.15) is 143 Å². The minimum Gasteiger partial charge on any atom is -0.463 e. The molecule has 0 radical (unpaired) electrons. The van der Waals surface area contributed by atoms with E-state index in [0.717, 1.165) is 68.1 Å². The van der Waals surface area contributed by atoms with Crippen molar-refractivity contribution in [2.24, 2.45) is 16.2 Å². The van der Waals surface area contributed by atoms with Crippen molar-refractivity contribution >= 4 is 36.1 Å². The van der Waals surface area contributed by atoms with Crippen molar-refractivity contribution in [1.29, 1.82) is 0 Å². The zero-order chi connectivity index (χ0) is 95.0. The third-order valence-electron chi connectivity index (χ3n) is 13.0. The molecule has 0 aliphatic heterocycles. The van der Waals surface area contributed by atoms with Gasteiger partial charge in [-0.25, -0.2) is 18.8 Å². The molecule has 7 nitrogen and oxygen atoms in total. The molecule has 3 aromatic rings. The van der Waals surface area contributed by atoms with Crippen LogP contribution in [0.25, 0.3) is 18.2 Å². The molecule has 0 fully saturated rings. The van der Waals surface area contributed by atoms with Gasteiger partial charge in [0.2, 0.25) is 0 Å². The number of aryl methyl sites for hydroxylation is 1. The van der Waals surface area contributed by atoms with Crippen LogP contribution >= 0.6 is 0 Å². The molecule has 0 aliphatic carbocycles. The van der Waals surface area contributed by atoms with Gasteiger partial charge in [0.25, 0.3) is 0 Å². The molecule has 8 heteroatoms. The van der Waals surface area contributed by atoms with E-state index in [-0.39, 0.29) is 23.7 Å². The van der Waals surface area contributed by atoms with E-state index in [2.05, 4.69) is 459 Å². The fourth-order valence-electron chi connectivity index (χ4n) is 7.39. The van der Waals surface area contributed by atoms with Gasteiger partial charge in [0.1, 0.15) is 12.4 Å². The summed E-state index contributed by atoms with van der Waals surface area (Å²) in [6.45, 7) is 26.1. The van der Waals surface area contributed by atoms with E-state index in [1.165, 1.54) is 35.9 Å². The Labute approximate surface area is 774 Å². The molecule has 3 aromatic carbocycles. The summed E-state index contributed by atoms with van der Waals surface area (Å²) in [5.74, 6) is 166. The molecular formula is C122H79FO7. The first-order chi connectivity index (χ1) is 63.1. The first-order valence-corrected chi connectivity index (χ1v) is 39.0. The summed E-state index contributed by atoms with van der Waals surface area (Å²) in [6, 6.07) is 23.6. The van der Waals surface area contributed by atoms with Gasteiger partial charge in [-0.3, -0.25) is 0 Å². The molecule has 616 valence electrons. The Bertz CT molecular complexity index is 6920. The highest BCUT2D eigenvalue weighted by molar-refractivity contribution is 5.88. The van der Waals surface area contributed by atoms with E-state index < -0.39 is 0 Å². The molecule has 0 saturated carbocycles. The normalized spacial score (nSPS) is 7.62. The highest BCUT2D eigenvalue weighted by Crippen LogP contribution is 2.23. The van der Waals surface area contributed by atoms with Gasteiger partial charge in [-0.2, -0.15) is 0 Å². The van der Waals surface area contributed by atoms with Crippen molar-refractivity contribution in [1.82, 2.24) is 0 Å². The molecule has 130 heavy (non-hydrogen) atoms. The minimum atomic E-state index is -0.356. The monoisotopic (exact) mass is 1670 g/mol. The molecule has 0 heterocycles. The molecule has 0 atom stereocenters. The molecular weight excluding hydrogens is 1600 g/mol. The second kappa shape index (κ2) is 81.6. The second-order valence-electron chi connectivity index (χ2n) is 27.2. The first-order valence-electron chi connectivity index (χ1n) is 39.0. The smallest absolute Gasteiger partial charge is 0.330 e. The van der Waals surface area contributed by atoms with Gasteiger partial charge in [-0.1, -0.05) is 141 Å². The van der Waals surface area contributed by atoms with E-state index in [0.29, 0.717) is 49.3 Å². The topological polar surface area (TPSA) is 88.1 Å². The number of halogens is 1. The van der Waals surface area contributed by atoms with E-state index >= 15 is 0 Å². The van der Waals surface area contributed by atoms with E-state index in [9.17, 15) is 18.8 Å². The van der Waals surface area contributed by atoms with E-state index in [4.69, 9.17) is 25.4 Å². The van der Waals surface area contributed by atoms with Crippen molar-refractivity contribution in [2.45, 2.75) is 128 Å². The maximum absolute atomic E-state index is 12.7. The lowest BCUT2D eigenvalue weighted by molar-refractivity contribution is -0.139. The predicted octanol–water partition coefficient (Wildman–Crippen LogP) is 14.2. The van der Waals surface area contributed by atoms with Gasteiger partial charge in [0, 0.05) is 321 Å². The number of carbonyl (C=O) groups excluding carboxylic acids is 3. The molecule has 0 N–H and O–H groups in total. The maximum Gasteiger partial charge on any atom is 0.330 e. The average molecular weight is 1680 g/mol. The van der Waals surface area contributed by atoms with Gasteiger partial charge in [-0.15, -0.1) is 6.42 Å². The minimum absolute atomic E-state index is 0.263. The number of unbranched alkanes of at least 4 members (excludes halogenated alkanes) is 2. The van der Waals surface area contributed by atoms with Crippen LogP contribution in [-0.2, 0) is 33.3 Å². The first kappa shape index (κ1) is 110. The van der Waals surface area contributed by atoms with Crippen LogP contribution in [-0.4, -0.2) is 50.9 Å². The van der Waals surface area contributed by atoms with Crippen LogP contribution in [0, 0.1) is 432 Å². The Balaban J connectivity index is 0.00000216. The molecule has 0 saturated heterocycles. The van der Waals surface area contributed by atoms with Crippen LogP contribution in [0.3, 0.4) is 0 Å². The second-order valence-corrected chi connectivity index (χ2v) is 27.2. The lowest BCUT2D eigenvalue weighted by Crippen LogP contribution is -2.11. The van der Waals surface area contributed by atoms with Gasteiger partial charge in [0.05, 0.1) is 19.8 Å². The number of carbonyl (C=O) groups is 3. The summed E-state index contributed by atoms with van der Waals surface area (Å²) in [7, 11) is 0. The molecule has 0 aromatic heterocycles. The molecule has 0 aliphatic rings. The summed E-state index contributed by atoms with van der Waals surface area (Å²) in [4.78, 5) is 34.5. The van der Waals surface area contributed by atoms with E-state index in [1.54, 1.807) is 37.3 Å². The van der Waals surface area contributed by atoms with Crippen molar-refractivity contribution in [3.63, 3.8) is 0 Å². The quantitative estimate of drug-likeness (QED) is 0.0366. The number of ether oxygens (including phenoxy) is 4. The standard InChI is InChI=1S/C69H4.C18H26O3.C18H26O2.C17H23FO2/c1-3-5-7-9-11-13-15-17-19-21-23-25-27-29-31-33-35-37-39-41-43-45-47-49-51-53-55-57-59-61-63-65-67-69-68-66-64-62-60-58-56-54-52-50-48-46-44-42-40-38-36-34-32-30-28-26-24-22-20-18-16-14-12-10-8-6-4-2;1-18(2,3)12-7-13-20-14-15-21-17(19)11-10-16-8-5-4-6-9-16;1-15-7-9-16(10-8-15)11-12-17(19)20-14-6-5-13-18(2,3)4;1-17(2,3)12-4-5-13-20-16(19)11-8-14-6-9-15(18)10-7-14/h1H,2H3;4-6,8-11H,7,12-15H2,1-3H3;7-12H,5-6,13-14H2,1-4H3;6-11H,4-5,12-13H2,1-3H3/b;11-10+;12-11+;11-8+. The Kier molecular flexibility index (Phi) is 69.2. The third kappa shape index (κ3) is 89.0. The van der Waals surface area contributed by atoms with Crippen LogP contribution in [0.15, 0.2) is 97.1 Å². The molecule has 0 bridgehead atoms. The van der Waals surface area contributed by atoms with Gasteiger partial charge in [-0.05, 0) is 223 Å². The highest BCUT2D eigenvalue weighted by Gasteiger charge is 2.11. The van der Waals surface area contributed by atoms with Crippen LogP contribution in [0.2, 0.25) is 0 Å². The summed E-state index contributed by atoms with van der Waals surface area (Å²) in [6.07, 6.45) is 22.8. The summed E-state index contributed by atoms with van der Waals surface area (Å²) in [5.41, 5.74) is 5.01. The van der Waals surface area contributed by atoms with Crippen molar-refractivity contribution in [3.05, 3.63) is 125 Å². The number of hydrogen-bond acceptors (Lipinski definition) is 7. The lowest BCUT2D eigenvalue weighted by atomic mass is 9.90. The van der Waals surface area contributed by atoms with Crippen LogP contribution < -0.4 is 0 Å². The van der Waals surface area contributed by atoms with Crippen LogP contribution in [0.4, 0.5) is 4.39 Å². The number of benzene rings is 3. The van der Waals surface area contributed by atoms with Crippen molar-refractivity contribution < 1.29 is 37.7 Å². The lowest BCUT2D eigenvalue weighted by Gasteiger charge is -2.17. The zero-order valence-electron chi connectivity index (χ0n) is 74.0. The molecule has 0 spiro atoms. The summed E-state index contributed by atoms with van der Waals surface area (Å²) >= 11 is 0. The molecule has 0 unspecified atom stereocenters.